The van der Waals surface area contributed by atoms with E-state index in [1.165, 1.54) is 18.2 Å². The third-order valence-electron chi connectivity index (χ3n) is 7.23. The number of hydrogen-bond acceptors (Lipinski definition) is 5. The lowest BCUT2D eigenvalue weighted by atomic mass is 9.78. The number of fused-ring (bicyclic) bond motifs is 2. The van der Waals surface area contributed by atoms with Crippen molar-refractivity contribution in [3.63, 3.8) is 0 Å². The lowest BCUT2D eigenvalue weighted by Crippen LogP contribution is -2.18. The molecule has 0 aliphatic heterocycles. The van der Waals surface area contributed by atoms with Crippen LogP contribution < -0.4 is 4.74 Å². The van der Waals surface area contributed by atoms with Gasteiger partial charge in [-0.05, 0) is 57.9 Å². The number of ether oxygens (including phenoxy) is 1. The standard InChI is InChI=1S/C33H32FNO4/c1-32(2,3)21-15-18(16-22(30(21)37)33(4,5)6)17-39-25-12-7-9-19-13-14-24(35-28(19)25)27-29(36)20-10-8-11-23(34)26(20)31(27)38/h7-16,27,37H,17H2,1-6H3. The van der Waals surface area contributed by atoms with E-state index in [1.54, 1.807) is 18.2 Å². The van der Waals surface area contributed by atoms with E-state index in [0.717, 1.165) is 22.1 Å². The van der Waals surface area contributed by atoms with E-state index in [-0.39, 0.29) is 34.3 Å². The first kappa shape index (κ1) is 26.5. The molecule has 1 heterocycles. The van der Waals surface area contributed by atoms with Crippen molar-refractivity contribution in [2.75, 3.05) is 0 Å². The maximum Gasteiger partial charge on any atom is 0.183 e. The predicted octanol–water partition coefficient (Wildman–Crippen LogP) is 7.42. The van der Waals surface area contributed by atoms with E-state index in [0.29, 0.717) is 17.0 Å². The number of Topliss-reactive ketones (excluding diaryl/α,β-unsaturated/α-hetero) is 2. The van der Waals surface area contributed by atoms with Crippen LogP contribution in [-0.2, 0) is 17.4 Å². The fourth-order valence-corrected chi connectivity index (χ4v) is 5.16. The quantitative estimate of drug-likeness (QED) is 0.281. The molecular weight excluding hydrogens is 493 g/mol. The Morgan fingerprint density at radius 2 is 1.51 bits per heavy atom. The molecule has 6 heteroatoms. The summed E-state index contributed by atoms with van der Waals surface area (Å²) >= 11 is 0. The number of benzene rings is 3. The molecule has 0 fully saturated rings. The van der Waals surface area contributed by atoms with Crippen molar-refractivity contribution < 1.29 is 23.8 Å². The molecule has 1 N–H and O–H groups in total. The van der Waals surface area contributed by atoms with E-state index in [9.17, 15) is 19.1 Å². The molecular formula is C33H32FNO4. The van der Waals surface area contributed by atoms with Gasteiger partial charge in [0.05, 0.1) is 11.3 Å². The first-order chi connectivity index (χ1) is 18.3. The summed E-state index contributed by atoms with van der Waals surface area (Å²) in [6, 6.07) is 17.0. The van der Waals surface area contributed by atoms with Gasteiger partial charge in [0.25, 0.3) is 0 Å². The molecule has 5 nitrogen and oxygen atoms in total. The van der Waals surface area contributed by atoms with Gasteiger partial charge in [-0.2, -0.15) is 0 Å². The number of aromatic hydroxyl groups is 1. The summed E-state index contributed by atoms with van der Waals surface area (Å²) < 4.78 is 20.6. The lowest BCUT2D eigenvalue weighted by Gasteiger charge is -2.28. The SMILES string of the molecule is CC(C)(C)c1cc(COc2cccc3ccc(C4C(=O)c5cccc(F)c5C4=O)nc23)cc(C(C)(C)C)c1O. The van der Waals surface area contributed by atoms with E-state index in [4.69, 9.17) is 4.74 Å². The Kier molecular flexibility index (Phi) is 6.33. The first-order valence-corrected chi connectivity index (χ1v) is 13.0. The third-order valence-corrected chi connectivity index (χ3v) is 7.23. The van der Waals surface area contributed by atoms with Crippen molar-refractivity contribution in [3.8, 4) is 11.5 Å². The minimum absolute atomic E-state index is 0.0908. The number of hydrogen-bond donors (Lipinski definition) is 1. The highest BCUT2D eigenvalue weighted by Gasteiger charge is 2.42. The highest BCUT2D eigenvalue weighted by Crippen LogP contribution is 2.40. The minimum Gasteiger partial charge on any atom is -0.507 e. The summed E-state index contributed by atoms with van der Waals surface area (Å²) in [7, 11) is 0. The summed E-state index contributed by atoms with van der Waals surface area (Å²) in [5.74, 6) is -2.11. The Labute approximate surface area is 227 Å². The molecule has 1 aromatic heterocycles. The zero-order valence-corrected chi connectivity index (χ0v) is 23.1. The summed E-state index contributed by atoms with van der Waals surface area (Å²) in [6.07, 6.45) is 0. The first-order valence-electron chi connectivity index (χ1n) is 13.0. The van der Waals surface area contributed by atoms with Crippen LogP contribution in [0.4, 0.5) is 4.39 Å². The molecule has 0 saturated carbocycles. The fourth-order valence-electron chi connectivity index (χ4n) is 5.16. The molecule has 3 aromatic carbocycles. The van der Waals surface area contributed by atoms with E-state index >= 15 is 0 Å². The lowest BCUT2D eigenvalue weighted by molar-refractivity contribution is 0.0887. The summed E-state index contributed by atoms with van der Waals surface area (Å²) in [5.41, 5.74) is 2.75. The molecule has 39 heavy (non-hydrogen) atoms. The number of halogens is 1. The molecule has 0 amide bonds. The average molecular weight is 526 g/mol. The average Bonchev–Trinajstić information content (AvgIpc) is 3.12. The van der Waals surface area contributed by atoms with Crippen LogP contribution in [0.3, 0.4) is 0 Å². The largest absolute Gasteiger partial charge is 0.507 e. The smallest absolute Gasteiger partial charge is 0.183 e. The van der Waals surface area contributed by atoms with Crippen LogP contribution in [-0.4, -0.2) is 21.7 Å². The topological polar surface area (TPSA) is 76.5 Å². The number of rotatable bonds is 4. The van der Waals surface area contributed by atoms with Crippen LogP contribution >= 0.6 is 0 Å². The highest BCUT2D eigenvalue weighted by atomic mass is 19.1. The molecule has 1 aliphatic carbocycles. The van der Waals surface area contributed by atoms with Crippen LogP contribution in [0.5, 0.6) is 11.5 Å². The Balaban J connectivity index is 1.51. The fraction of sp³-hybridized carbons (Fsp3) is 0.303. The van der Waals surface area contributed by atoms with Crippen molar-refractivity contribution in [1.29, 1.82) is 0 Å². The summed E-state index contributed by atoms with van der Waals surface area (Å²) in [5, 5.41) is 11.8. The van der Waals surface area contributed by atoms with Gasteiger partial charge in [0, 0.05) is 10.9 Å². The number of nitrogens with zero attached hydrogens (tertiary/aromatic N) is 1. The van der Waals surface area contributed by atoms with Crippen molar-refractivity contribution in [1.82, 2.24) is 4.98 Å². The van der Waals surface area contributed by atoms with Gasteiger partial charge in [-0.3, -0.25) is 9.59 Å². The van der Waals surface area contributed by atoms with Crippen molar-refractivity contribution >= 4 is 22.5 Å². The molecule has 0 spiro atoms. The van der Waals surface area contributed by atoms with Gasteiger partial charge >= 0.3 is 0 Å². The Morgan fingerprint density at radius 1 is 0.872 bits per heavy atom. The number of phenolic OH excluding ortho intramolecular Hbond substituents is 1. The van der Waals surface area contributed by atoms with Crippen LogP contribution in [0, 0.1) is 5.82 Å². The van der Waals surface area contributed by atoms with E-state index in [2.05, 4.69) is 46.5 Å². The van der Waals surface area contributed by atoms with Gasteiger partial charge in [0.1, 0.15) is 35.4 Å². The van der Waals surface area contributed by atoms with Crippen LogP contribution in [0.2, 0.25) is 0 Å². The molecule has 4 aromatic rings. The zero-order valence-electron chi connectivity index (χ0n) is 23.1. The maximum absolute atomic E-state index is 14.4. The van der Waals surface area contributed by atoms with E-state index < -0.39 is 23.3 Å². The molecule has 1 unspecified atom stereocenters. The second kappa shape index (κ2) is 9.30. The molecule has 1 atom stereocenters. The number of carbonyl (C=O) groups excluding carboxylic acids is 2. The second-order valence-electron chi connectivity index (χ2n) is 12.2. The normalized spacial score (nSPS) is 15.6. The number of para-hydroxylation sites is 1. The number of ketones is 2. The van der Waals surface area contributed by atoms with Gasteiger partial charge in [0.15, 0.2) is 11.6 Å². The predicted molar refractivity (Wildman–Crippen MR) is 149 cm³/mol. The Hall–Kier alpha value is -4.06. The molecule has 0 radical (unpaired) electrons. The molecule has 200 valence electrons. The Bertz CT molecular complexity index is 1610. The van der Waals surface area contributed by atoms with Gasteiger partial charge in [-0.1, -0.05) is 71.9 Å². The molecule has 0 bridgehead atoms. The van der Waals surface area contributed by atoms with Gasteiger partial charge in [0.2, 0.25) is 0 Å². The van der Waals surface area contributed by atoms with Crippen LogP contribution in [0.15, 0.2) is 60.7 Å². The van der Waals surface area contributed by atoms with Gasteiger partial charge in [-0.15, -0.1) is 0 Å². The third kappa shape index (κ3) is 4.69. The molecule has 5 rings (SSSR count). The number of pyridine rings is 1. The van der Waals surface area contributed by atoms with Crippen molar-refractivity contribution in [3.05, 3.63) is 100.0 Å². The van der Waals surface area contributed by atoms with Crippen molar-refractivity contribution in [2.24, 2.45) is 0 Å². The van der Waals surface area contributed by atoms with Gasteiger partial charge in [-0.25, -0.2) is 9.37 Å². The number of carbonyl (C=O) groups is 2. The Morgan fingerprint density at radius 3 is 2.13 bits per heavy atom. The highest BCUT2D eigenvalue weighted by molar-refractivity contribution is 6.29. The van der Waals surface area contributed by atoms with Crippen molar-refractivity contribution in [2.45, 2.75) is 64.9 Å². The molecule has 0 saturated heterocycles. The summed E-state index contributed by atoms with van der Waals surface area (Å²) in [4.78, 5) is 30.8. The van der Waals surface area contributed by atoms with Crippen LogP contribution in [0.25, 0.3) is 10.9 Å². The maximum atomic E-state index is 14.4. The monoisotopic (exact) mass is 525 g/mol. The minimum atomic E-state index is -1.19. The number of aromatic nitrogens is 1. The van der Waals surface area contributed by atoms with E-state index in [1.807, 2.05) is 24.3 Å². The summed E-state index contributed by atoms with van der Waals surface area (Å²) in [6.45, 7) is 12.6. The zero-order chi connectivity index (χ0) is 28.3. The van der Waals surface area contributed by atoms with Gasteiger partial charge < -0.3 is 9.84 Å². The van der Waals surface area contributed by atoms with Crippen LogP contribution in [0.1, 0.15) is 90.6 Å². The molecule has 1 aliphatic rings. The number of phenols is 1. The second-order valence-corrected chi connectivity index (χ2v) is 12.2.